The van der Waals surface area contributed by atoms with Gasteiger partial charge in [0.15, 0.2) is 5.78 Å². The lowest BCUT2D eigenvalue weighted by Gasteiger charge is -2.13. The SMILES string of the molecule is CN(C)S(=O)(=O)c1ccc(C(=O)Nc2ccc(Cl)cc2C(=O)c2ccccc2Cl)cc1. The monoisotopic (exact) mass is 476 g/mol. The summed E-state index contributed by atoms with van der Waals surface area (Å²) < 4.78 is 25.5. The Morgan fingerprint density at radius 1 is 0.871 bits per heavy atom. The van der Waals surface area contributed by atoms with E-state index in [1.165, 1.54) is 50.5 Å². The summed E-state index contributed by atoms with van der Waals surface area (Å²) in [5.74, 6) is -0.903. The van der Waals surface area contributed by atoms with Gasteiger partial charge in [-0.3, -0.25) is 9.59 Å². The van der Waals surface area contributed by atoms with Crippen LogP contribution in [-0.4, -0.2) is 38.5 Å². The molecule has 6 nitrogen and oxygen atoms in total. The van der Waals surface area contributed by atoms with E-state index in [1.54, 1.807) is 30.3 Å². The molecule has 31 heavy (non-hydrogen) atoms. The molecular weight excluding hydrogens is 459 g/mol. The first-order valence-electron chi connectivity index (χ1n) is 9.04. The van der Waals surface area contributed by atoms with Crippen molar-refractivity contribution in [3.63, 3.8) is 0 Å². The minimum Gasteiger partial charge on any atom is -0.321 e. The van der Waals surface area contributed by atoms with Gasteiger partial charge in [-0.25, -0.2) is 12.7 Å². The molecule has 3 aromatic carbocycles. The van der Waals surface area contributed by atoms with Crippen LogP contribution in [0.3, 0.4) is 0 Å². The number of amides is 1. The molecule has 0 fully saturated rings. The third kappa shape index (κ3) is 4.97. The number of rotatable bonds is 6. The van der Waals surface area contributed by atoms with Gasteiger partial charge >= 0.3 is 0 Å². The summed E-state index contributed by atoms with van der Waals surface area (Å²) >= 11 is 12.2. The van der Waals surface area contributed by atoms with E-state index in [0.29, 0.717) is 5.02 Å². The number of halogens is 2. The molecule has 3 aromatic rings. The smallest absolute Gasteiger partial charge is 0.255 e. The molecule has 1 N–H and O–H groups in total. The van der Waals surface area contributed by atoms with E-state index in [4.69, 9.17) is 23.2 Å². The second-order valence-corrected chi connectivity index (χ2v) is 9.76. The van der Waals surface area contributed by atoms with E-state index in [-0.39, 0.29) is 32.3 Å². The number of anilines is 1. The molecule has 160 valence electrons. The zero-order chi connectivity index (χ0) is 22.8. The van der Waals surface area contributed by atoms with E-state index in [1.807, 2.05) is 0 Å². The summed E-state index contributed by atoms with van der Waals surface area (Å²) in [6.07, 6.45) is 0. The van der Waals surface area contributed by atoms with Gasteiger partial charge in [0.1, 0.15) is 0 Å². The van der Waals surface area contributed by atoms with Crippen molar-refractivity contribution < 1.29 is 18.0 Å². The van der Waals surface area contributed by atoms with Crippen LogP contribution in [-0.2, 0) is 10.0 Å². The van der Waals surface area contributed by atoms with E-state index in [2.05, 4.69) is 5.32 Å². The molecule has 0 heterocycles. The maximum Gasteiger partial charge on any atom is 0.255 e. The highest BCUT2D eigenvalue weighted by molar-refractivity contribution is 7.89. The second-order valence-electron chi connectivity index (χ2n) is 6.76. The quantitative estimate of drug-likeness (QED) is 0.521. The third-order valence-electron chi connectivity index (χ3n) is 4.49. The molecule has 0 aliphatic carbocycles. The Morgan fingerprint density at radius 3 is 2.13 bits per heavy atom. The van der Waals surface area contributed by atoms with Crippen LogP contribution in [0.15, 0.2) is 71.6 Å². The fourth-order valence-corrected chi connectivity index (χ4v) is 4.08. The Kier molecular flexibility index (Phi) is 6.81. The molecule has 0 spiro atoms. The number of hydrogen-bond donors (Lipinski definition) is 1. The lowest BCUT2D eigenvalue weighted by Crippen LogP contribution is -2.22. The number of carbonyl (C=O) groups excluding carboxylic acids is 2. The Labute approximate surface area is 190 Å². The Bertz CT molecular complexity index is 1260. The van der Waals surface area contributed by atoms with Crippen LogP contribution in [0.2, 0.25) is 10.0 Å². The number of nitrogens with zero attached hydrogens (tertiary/aromatic N) is 1. The van der Waals surface area contributed by atoms with Gasteiger partial charge in [-0.05, 0) is 54.6 Å². The summed E-state index contributed by atoms with van der Waals surface area (Å²) in [5, 5.41) is 3.29. The van der Waals surface area contributed by atoms with Crippen molar-refractivity contribution in [1.82, 2.24) is 4.31 Å². The van der Waals surface area contributed by atoms with Crippen LogP contribution < -0.4 is 5.32 Å². The fourth-order valence-electron chi connectivity index (χ4n) is 2.79. The van der Waals surface area contributed by atoms with Crippen molar-refractivity contribution >= 4 is 50.6 Å². The summed E-state index contributed by atoms with van der Waals surface area (Å²) in [4.78, 5) is 25.8. The second kappa shape index (κ2) is 9.20. The predicted octanol–water partition coefficient (Wildman–Crippen LogP) is 4.73. The number of hydrogen-bond acceptors (Lipinski definition) is 4. The highest BCUT2D eigenvalue weighted by Gasteiger charge is 2.20. The molecule has 3 rings (SSSR count). The molecule has 1 amide bonds. The van der Waals surface area contributed by atoms with Gasteiger partial charge in [-0.2, -0.15) is 0 Å². The topological polar surface area (TPSA) is 83.6 Å². The van der Waals surface area contributed by atoms with Gasteiger partial charge in [0, 0.05) is 35.8 Å². The third-order valence-corrected chi connectivity index (χ3v) is 6.88. The molecule has 0 saturated heterocycles. The number of carbonyl (C=O) groups is 2. The molecule has 0 saturated carbocycles. The summed E-state index contributed by atoms with van der Waals surface area (Å²) in [5.41, 5.74) is 0.939. The normalized spacial score (nSPS) is 11.4. The van der Waals surface area contributed by atoms with Crippen LogP contribution in [0.1, 0.15) is 26.3 Å². The average molecular weight is 477 g/mol. The summed E-state index contributed by atoms with van der Waals surface area (Å²) in [7, 11) is -0.757. The highest BCUT2D eigenvalue weighted by atomic mass is 35.5. The standard InChI is InChI=1S/C22H18Cl2N2O4S/c1-26(2)31(29,30)16-10-7-14(8-11-16)22(28)25-20-12-9-15(23)13-18(20)21(27)17-5-3-4-6-19(17)24/h3-13H,1-2H3,(H,25,28). The van der Waals surface area contributed by atoms with E-state index in [0.717, 1.165) is 4.31 Å². The van der Waals surface area contributed by atoms with Gasteiger partial charge < -0.3 is 5.32 Å². The molecule has 0 aliphatic rings. The van der Waals surface area contributed by atoms with Crippen LogP contribution in [0.5, 0.6) is 0 Å². The summed E-state index contributed by atoms with van der Waals surface area (Å²) in [6.45, 7) is 0. The van der Waals surface area contributed by atoms with Crippen molar-refractivity contribution in [2.45, 2.75) is 4.90 Å². The van der Waals surface area contributed by atoms with Gasteiger partial charge in [0.2, 0.25) is 10.0 Å². The molecule has 0 bridgehead atoms. The highest BCUT2D eigenvalue weighted by Crippen LogP contribution is 2.27. The number of benzene rings is 3. The molecule has 0 radical (unpaired) electrons. The largest absolute Gasteiger partial charge is 0.321 e. The first-order valence-corrected chi connectivity index (χ1v) is 11.2. The summed E-state index contributed by atoms with van der Waals surface area (Å²) in [6, 6.07) is 16.6. The molecule has 0 atom stereocenters. The zero-order valence-corrected chi connectivity index (χ0v) is 18.9. The van der Waals surface area contributed by atoms with E-state index >= 15 is 0 Å². The molecule has 0 aliphatic heterocycles. The molecular formula is C22H18Cl2N2O4S. The van der Waals surface area contributed by atoms with E-state index < -0.39 is 21.7 Å². The van der Waals surface area contributed by atoms with Crippen LogP contribution >= 0.6 is 23.2 Å². The molecule has 9 heteroatoms. The van der Waals surface area contributed by atoms with Crippen molar-refractivity contribution in [2.24, 2.45) is 0 Å². The first kappa shape index (κ1) is 23.0. The Balaban J connectivity index is 1.91. The average Bonchev–Trinajstić information content (AvgIpc) is 2.74. The van der Waals surface area contributed by atoms with Crippen LogP contribution in [0.25, 0.3) is 0 Å². The predicted molar refractivity (Wildman–Crippen MR) is 122 cm³/mol. The maximum absolute atomic E-state index is 13.0. The minimum atomic E-state index is -3.61. The van der Waals surface area contributed by atoms with Gasteiger partial charge in [-0.15, -0.1) is 0 Å². The maximum atomic E-state index is 13.0. The lowest BCUT2D eigenvalue weighted by atomic mass is 10.0. The van der Waals surface area contributed by atoms with Crippen molar-refractivity contribution in [2.75, 3.05) is 19.4 Å². The van der Waals surface area contributed by atoms with Crippen molar-refractivity contribution in [3.8, 4) is 0 Å². The fraction of sp³-hybridized carbons (Fsp3) is 0.0909. The van der Waals surface area contributed by atoms with Gasteiger partial charge in [0.25, 0.3) is 5.91 Å². The van der Waals surface area contributed by atoms with Crippen molar-refractivity contribution in [3.05, 3.63) is 93.5 Å². The zero-order valence-electron chi connectivity index (χ0n) is 16.6. The van der Waals surface area contributed by atoms with Crippen molar-refractivity contribution in [1.29, 1.82) is 0 Å². The number of sulfonamides is 1. The minimum absolute atomic E-state index is 0.0649. The van der Waals surface area contributed by atoms with Gasteiger partial charge in [-0.1, -0.05) is 35.3 Å². The van der Waals surface area contributed by atoms with E-state index in [9.17, 15) is 18.0 Å². The lowest BCUT2D eigenvalue weighted by molar-refractivity contribution is 0.102. The molecule has 0 aromatic heterocycles. The number of ketones is 1. The van der Waals surface area contributed by atoms with Gasteiger partial charge in [0.05, 0.1) is 15.6 Å². The Morgan fingerprint density at radius 2 is 1.52 bits per heavy atom. The van der Waals surface area contributed by atoms with Crippen LogP contribution in [0.4, 0.5) is 5.69 Å². The molecule has 0 unspecified atom stereocenters. The first-order chi connectivity index (χ1) is 14.6. The number of nitrogens with one attached hydrogen (secondary N) is 1. The van der Waals surface area contributed by atoms with Crippen LogP contribution in [0, 0.1) is 0 Å². The Hall–Kier alpha value is -2.71.